The Labute approximate surface area is 119 Å². The molecule has 3 aromatic rings. The van der Waals surface area contributed by atoms with Gasteiger partial charge in [-0.15, -0.1) is 0 Å². The predicted molar refractivity (Wildman–Crippen MR) is 80.8 cm³/mol. The van der Waals surface area contributed by atoms with Crippen LogP contribution in [0.15, 0.2) is 54.9 Å². The number of fused-ring (bicyclic) bond motifs is 1. The van der Waals surface area contributed by atoms with Crippen LogP contribution in [0, 0.1) is 20.8 Å². The zero-order valence-electron chi connectivity index (χ0n) is 12.1. The van der Waals surface area contributed by atoms with Gasteiger partial charge in [0.05, 0.1) is 5.39 Å². The average molecular weight is 264 g/mol. The Balaban J connectivity index is 2.01. The van der Waals surface area contributed by atoms with Gasteiger partial charge in [-0.3, -0.25) is 0 Å². The van der Waals surface area contributed by atoms with Gasteiger partial charge >= 0.3 is 0 Å². The third kappa shape index (κ3) is 2.37. The number of aromatic nitrogens is 1. The van der Waals surface area contributed by atoms with Crippen LogP contribution in [0.3, 0.4) is 0 Å². The number of rotatable bonds is 2. The first kappa shape index (κ1) is 12.7. The fourth-order valence-corrected chi connectivity index (χ4v) is 2.59. The smallest absolute Gasteiger partial charge is 0.230 e. The van der Waals surface area contributed by atoms with Crippen molar-refractivity contribution in [2.75, 3.05) is 0 Å². The molecular formula is C18H18NO+. The van der Waals surface area contributed by atoms with E-state index in [9.17, 15) is 0 Å². The highest BCUT2D eigenvalue weighted by Crippen LogP contribution is 2.23. The first-order valence-corrected chi connectivity index (χ1v) is 6.80. The molecule has 2 aromatic carbocycles. The molecule has 0 radical (unpaired) electrons. The number of hydrogen-bond acceptors (Lipinski definition) is 1. The Bertz CT molecular complexity index is 754. The summed E-state index contributed by atoms with van der Waals surface area (Å²) in [5.74, 6) is 0.927. The van der Waals surface area contributed by atoms with Crippen molar-refractivity contribution < 1.29 is 9.57 Å². The third-order valence-electron chi connectivity index (χ3n) is 3.46. The summed E-state index contributed by atoms with van der Waals surface area (Å²) in [5.41, 5.74) is 3.57. The summed E-state index contributed by atoms with van der Waals surface area (Å²) < 4.78 is 1.77. The van der Waals surface area contributed by atoms with E-state index in [1.54, 1.807) is 4.73 Å². The van der Waals surface area contributed by atoms with Crippen molar-refractivity contribution in [2.24, 2.45) is 0 Å². The molecule has 0 unspecified atom stereocenters. The van der Waals surface area contributed by atoms with Crippen molar-refractivity contribution in [3.8, 4) is 5.75 Å². The molecule has 3 rings (SSSR count). The van der Waals surface area contributed by atoms with Gasteiger partial charge in [0.25, 0.3) is 0 Å². The molecule has 0 aliphatic heterocycles. The minimum absolute atomic E-state index is 0.927. The molecule has 0 fully saturated rings. The molecule has 1 aromatic heterocycles. The lowest BCUT2D eigenvalue weighted by atomic mass is 10.1. The number of hydrogen-bond donors (Lipinski definition) is 0. The van der Waals surface area contributed by atoms with Gasteiger partial charge in [0.15, 0.2) is 0 Å². The third-order valence-corrected chi connectivity index (χ3v) is 3.46. The first-order valence-electron chi connectivity index (χ1n) is 6.80. The Morgan fingerprint density at radius 2 is 1.50 bits per heavy atom. The zero-order valence-corrected chi connectivity index (χ0v) is 12.1. The van der Waals surface area contributed by atoms with Crippen LogP contribution in [0.1, 0.15) is 16.7 Å². The van der Waals surface area contributed by atoms with Crippen LogP contribution in [0.2, 0.25) is 0 Å². The van der Waals surface area contributed by atoms with Gasteiger partial charge in [-0.25, -0.2) is 4.84 Å². The maximum atomic E-state index is 6.02. The summed E-state index contributed by atoms with van der Waals surface area (Å²) in [4.78, 5) is 6.02. The lowest BCUT2D eigenvalue weighted by Gasteiger charge is -2.07. The minimum atomic E-state index is 0.927. The molecule has 0 amide bonds. The first-order chi connectivity index (χ1) is 9.63. The van der Waals surface area contributed by atoms with Crippen LogP contribution in [-0.2, 0) is 0 Å². The van der Waals surface area contributed by atoms with Crippen molar-refractivity contribution in [3.05, 3.63) is 71.5 Å². The molecular weight excluding hydrogens is 246 g/mol. The number of aryl methyl sites for hydroxylation is 3. The molecule has 0 atom stereocenters. The summed E-state index contributed by atoms with van der Waals surface area (Å²) >= 11 is 0. The highest BCUT2D eigenvalue weighted by atomic mass is 16.7. The van der Waals surface area contributed by atoms with Gasteiger partial charge in [0.2, 0.25) is 18.1 Å². The van der Waals surface area contributed by atoms with E-state index in [0.29, 0.717) is 0 Å². The fraction of sp³-hybridized carbons (Fsp3) is 0.167. The Morgan fingerprint density at radius 3 is 2.20 bits per heavy atom. The fourth-order valence-electron chi connectivity index (χ4n) is 2.59. The van der Waals surface area contributed by atoms with Crippen LogP contribution >= 0.6 is 0 Å². The van der Waals surface area contributed by atoms with E-state index in [1.807, 2.05) is 24.5 Å². The summed E-state index contributed by atoms with van der Waals surface area (Å²) in [6.45, 7) is 6.26. The van der Waals surface area contributed by atoms with E-state index in [4.69, 9.17) is 4.84 Å². The highest BCUT2D eigenvalue weighted by Gasteiger charge is 2.12. The van der Waals surface area contributed by atoms with Gasteiger partial charge in [-0.1, -0.05) is 35.9 Å². The van der Waals surface area contributed by atoms with Crippen LogP contribution in [0.4, 0.5) is 0 Å². The van der Waals surface area contributed by atoms with Crippen LogP contribution in [0.25, 0.3) is 10.8 Å². The molecule has 0 N–H and O–H groups in total. The normalized spacial score (nSPS) is 10.8. The monoisotopic (exact) mass is 264 g/mol. The van der Waals surface area contributed by atoms with Crippen LogP contribution in [0.5, 0.6) is 5.75 Å². The minimum Gasteiger partial charge on any atom is -0.231 e. The maximum absolute atomic E-state index is 6.02. The zero-order chi connectivity index (χ0) is 14.1. The second-order valence-corrected chi connectivity index (χ2v) is 5.25. The standard InChI is InChI=1S/C18H18NO/c1-13-10-14(2)18(15(3)11-13)20-19-9-8-16-6-4-5-7-17(16)12-19/h4-12H,1-3H3/q+1. The highest BCUT2D eigenvalue weighted by molar-refractivity contribution is 5.80. The van der Waals surface area contributed by atoms with Crippen molar-refractivity contribution >= 4 is 10.8 Å². The Kier molecular flexibility index (Phi) is 3.15. The molecule has 0 aliphatic carbocycles. The van der Waals surface area contributed by atoms with Crippen molar-refractivity contribution in [1.29, 1.82) is 0 Å². The molecule has 1 heterocycles. The molecule has 0 bridgehead atoms. The molecule has 0 saturated carbocycles. The molecule has 20 heavy (non-hydrogen) atoms. The van der Waals surface area contributed by atoms with E-state index in [-0.39, 0.29) is 0 Å². The van der Waals surface area contributed by atoms with E-state index < -0.39 is 0 Å². The van der Waals surface area contributed by atoms with Crippen LogP contribution < -0.4 is 9.57 Å². The van der Waals surface area contributed by atoms with E-state index >= 15 is 0 Å². The van der Waals surface area contributed by atoms with Crippen molar-refractivity contribution in [3.63, 3.8) is 0 Å². The molecule has 0 spiro atoms. The summed E-state index contributed by atoms with van der Waals surface area (Å²) in [6, 6.07) is 14.6. The van der Waals surface area contributed by atoms with E-state index in [1.165, 1.54) is 10.9 Å². The summed E-state index contributed by atoms with van der Waals surface area (Å²) in [5, 5.41) is 2.38. The van der Waals surface area contributed by atoms with Crippen molar-refractivity contribution in [2.45, 2.75) is 20.8 Å². The predicted octanol–water partition coefficient (Wildman–Crippen LogP) is 3.89. The average Bonchev–Trinajstić information content (AvgIpc) is 2.42. The number of nitrogens with zero attached hydrogens (tertiary/aromatic N) is 1. The molecule has 2 heteroatoms. The summed E-state index contributed by atoms with van der Waals surface area (Å²) in [6.07, 6.45) is 3.95. The molecule has 100 valence electrons. The molecule has 0 aliphatic rings. The second kappa shape index (κ2) is 4.97. The molecule has 0 saturated heterocycles. The van der Waals surface area contributed by atoms with Gasteiger partial charge in [-0.05, 0) is 43.4 Å². The Morgan fingerprint density at radius 1 is 0.850 bits per heavy atom. The number of benzene rings is 2. The lowest BCUT2D eigenvalue weighted by Crippen LogP contribution is -2.39. The van der Waals surface area contributed by atoms with Gasteiger partial charge in [-0.2, -0.15) is 0 Å². The SMILES string of the molecule is Cc1cc(C)c(O[n+]2ccc3ccccc3c2)c(C)c1. The van der Waals surface area contributed by atoms with Crippen molar-refractivity contribution in [1.82, 2.24) is 0 Å². The van der Waals surface area contributed by atoms with Gasteiger partial charge in [0, 0.05) is 10.8 Å². The molecule has 2 nitrogen and oxygen atoms in total. The lowest BCUT2D eigenvalue weighted by molar-refractivity contribution is -0.874. The topological polar surface area (TPSA) is 13.1 Å². The van der Waals surface area contributed by atoms with E-state index in [2.05, 4.69) is 51.1 Å². The van der Waals surface area contributed by atoms with E-state index in [0.717, 1.165) is 22.3 Å². The Hall–Kier alpha value is -2.35. The van der Waals surface area contributed by atoms with Gasteiger partial charge < -0.3 is 0 Å². The largest absolute Gasteiger partial charge is 0.231 e. The quantitative estimate of drug-likeness (QED) is 0.640. The second-order valence-electron chi connectivity index (χ2n) is 5.25. The van der Waals surface area contributed by atoms with Crippen LogP contribution in [-0.4, -0.2) is 0 Å². The maximum Gasteiger partial charge on any atom is 0.230 e. The summed E-state index contributed by atoms with van der Waals surface area (Å²) in [7, 11) is 0. The number of pyridine rings is 1. The van der Waals surface area contributed by atoms with Gasteiger partial charge in [0.1, 0.15) is 0 Å².